The van der Waals surface area contributed by atoms with Crippen molar-refractivity contribution >= 4 is 33.6 Å². The van der Waals surface area contributed by atoms with Crippen molar-refractivity contribution in [1.29, 1.82) is 0 Å². The summed E-state index contributed by atoms with van der Waals surface area (Å²) >= 11 is 0. The normalized spacial score (nSPS) is 14.2. The number of carboxylic acids is 1. The first-order chi connectivity index (χ1) is 15.8. The number of amides is 3. The number of nitrogens with one attached hydrogen (secondary N) is 2. The average molecular weight is 466 g/mol. The highest BCUT2D eigenvalue weighted by Gasteiger charge is 2.37. The minimum absolute atomic E-state index is 0.0389. The van der Waals surface area contributed by atoms with E-state index in [-0.39, 0.29) is 34.8 Å². The van der Waals surface area contributed by atoms with E-state index in [1.54, 1.807) is 24.5 Å². The molecule has 1 aromatic heterocycles. The number of sulfonamides is 1. The van der Waals surface area contributed by atoms with E-state index in [1.165, 1.54) is 42.5 Å². The third-order valence-corrected chi connectivity index (χ3v) is 6.75. The fraction of sp³-hybridized carbons (Fsp3) is 0.0909. The molecule has 10 nitrogen and oxygen atoms in total. The van der Waals surface area contributed by atoms with Crippen LogP contribution in [0.4, 0.5) is 10.5 Å². The summed E-state index contributed by atoms with van der Waals surface area (Å²) in [6.07, 6.45) is 3.22. The van der Waals surface area contributed by atoms with E-state index in [0.717, 1.165) is 5.56 Å². The van der Waals surface area contributed by atoms with Crippen molar-refractivity contribution in [3.63, 3.8) is 0 Å². The second-order valence-corrected chi connectivity index (χ2v) is 9.03. The molecule has 11 heteroatoms. The Morgan fingerprint density at radius 3 is 2.42 bits per heavy atom. The Bertz CT molecular complexity index is 1340. The quantitative estimate of drug-likeness (QED) is 0.506. The highest BCUT2D eigenvalue weighted by Crippen LogP contribution is 2.32. The zero-order valence-electron chi connectivity index (χ0n) is 17.1. The van der Waals surface area contributed by atoms with Gasteiger partial charge in [0.05, 0.1) is 17.8 Å². The molecule has 3 amide bonds. The molecule has 1 aliphatic heterocycles. The van der Waals surface area contributed by atoms with Crippen LogP contribution >= 0.6 is 0 Å². The van der Waals surface area contributed by atoms with Crippen LogP contribution in [0.5, 0.6) is 0 Å². The predicted molar refractivity (Wildman–Crippen MR) is 117 cm³/mol. The standard InChI is InChI=1S/C22H18N4O6S/c27-20(24-12-15-2-1-9-23-11-15)17-7-8-18-19(10-17)33(31,32)26(22(30)25-18)13-14-3-5-16(6-4-14)21(28)29/h1-11H,12-13H2,(H,24,27)(H,25,30)(H,28,29). The third-order valence-electron chi connectivity index (χ3n) is 4.98. The van der Waals surface area contributed by atoms with E-state index in [9.17, 15) is 22.8 Å². The molecule has 0 saturated carbocycles. The Balaban J connectivity index is 1.57. The zero-order valence-corrected chi connectivity index (χ0v) is 17.9. The fourth-order valence-electron chi connectivity index (χ4n) is 3.25. The van der Waals surface area contributed by atoms with Crippen LogP contribution in [0.1, 0.15) is 31.8 Å². The number of carboxylic acid groups (broad SMARTS) is 1. The number of nitrogens with zero attached hydrogens (tertiary/aromatic N) is 2. The number of anilines is 1. The van der Waals surface area contributed by atoms with Gasteiger partial charge in [-0.15, -0.1) is 0 Å². The molecule has 2 aromatic carbocycles. The molecule has 0 fully saturated rings. The van der Waals surface area contributed by atoms with Gasteiger partial charge < -0.3 is 15.7 Å². The van der Waals surface area contributed by atoms with Gasteiger partial charge in [0.15, 0.2) is 0 Å². The Hall–Kier alpha value is -4.25. The monoisotopic (exact) mass is 466 g/mol. The van der Waals surface area contributed by atoms with Crippen molar-refractivity contribution in [2.45, 2.75) is 18.0 Å². The number of rotatable bonds is 6. The summed E-state index contributed by atoms with van der Waals surface area (Å²) in [5.41, 5.74) is 1.43. The maximum Gasteiger partial charge on any atom is 0.336 e. The van der Waals surface area contributed by atoms with Gasteiger partial charge in [-0.25, -0.2) is 22.3 Å². The van der Waals surface area contributed by atoms with Gasteiger partial charge in [0.1, 0.15) is 4.90 Å². The number of fused-ring (bicyclic) bond motifs is 1. The number of carbonyl (C=O) groups excluding carboxylic acids is 2. The molecule has 0 unspecified atom stereocenters. The molecule has 0 saturated heterocycles. The van der Waals surface area contributed by atoms with E-state index in [0.29, 0.717) is 9.87 Å². The first kappa shape index (κ1) is 22.0. The fourth-order valence-corrected chi connectivity index (χ4v) is 4.74. The Labute approximate surface area is 188 Å². The summed E-state index contributed by atoms with van der Waals surface area (Å²) in [6.45, 7) is -0.0867. The number of aromatic nitrogens is 1. The number of hydrogen-bond donors (Lipinski definition) is 3. The van der Waals surface area contributed by atoms with Gasteiger partial charge in [0.2, 0.25) is 0 Å². The lowest BCUT2D eigenvalue weighted by Crippen LogP contribution is -2.43. The van der Waals surface area contributed by atoms with Gasteiger partial charge >= 0.3 is 12.0 Å². The van der Waals surface area contributed by atoms with Gasteiger partial charge in [0, 0.05) is 24.5 Å². The van der Waals surface area contributed by atoms with Crippen LogP contribution in [0.15, 0.2) is 71.9 Å². The second kappa shape index (κ2) is 8.71. The molecule has 0 aliphatic carbocycles. The van der Waals surface area contributed by atoms with E-state index < -0.39 is 27.9 Å². The molecule has 0 radical (unpaired) electrons. The third kappa shape index (κ3) is 4.53. The maximum atomic E-state index is 13.2. The molecule has 3 aromatic rings. The number of pyridine rings is 1. The Kier molecular flexibility index (Phi) is 5.80. The van der Waals surface area contributed by atoms with Gasteiger partial charge in [-0.3, -0.25) is 9.78 Å². The lowest BCUT2D eigenvalue weighted by Gasteiger charge is -2.29. The van der Waals surface area contributed by atoms with Crippen LogP contribution < -0.4 is 10.6 Å². The molecule has 1 aliphatic rings. The smallest absolute Gasteiger partial charge is 0.336 e. The summed E-state index contributed by atoms with van der Waals surface area (Å²) < 4.78 is 27.0. The van der Waals surface area contributed by atoms with Gasteiger partial charge in [0.25, 0.3) is 15.9 Å². The summed E-state index contributed by atoms with van der Waals surface area (Å²) in [5.74, 6) is -1.60. The molecule has 33 heavy (non-hydrogen) atoms. The molecule has 2 heterocycles. The van der Waals surface area contributed by atoms with Crippen molar-refractivity contribution < 1.29 is 27.9 Å². The summed E-state index contributed by atoms with van der Waals surface area (Å²) in [6, 6.07) is 12.2. The Morgan fingerprint density at radius 2 is 1.76 bits per heavy atom. The molecule has 0 atom stereocenters. The predicted octanol–water partition coefficient (Wildman–Crippen LogP) is 2.45. The number of aromatic carboxylic acids is 1. The SMILES string of the molecule is O=C(O)c1ccc(CN2C(=O)Nc3ccc(C(=O)NCc4cccnc4)cc3S2(=O)=O)cc1. The minimum Gasteiger partial charge on any atom is -0.478 e. The van der Waals surface area contributed by atoms with Crippen molar-refractivity contribution in [1.82, 2.24) is 14.6 Å². The number of carbonyl (C=O) groups is 3. The van der Waals surface area contributed by atoms with E-state index >= 15 is 0 Å². The lowest BCUT2D eigenvalue weighted by atomic mass is 10.1. The minimum atomic E-state index is -4.26. The molecule has 0 bridgehead atoms. The lowest BCUT2D eigenvalue weighted by molar-refractivity contribution is 0.0696. The molecule has 4 rings (SSSR count). The molecule has 3 N–H and O–H groups in total. The first-order valence-corrected chi connectivity index (χ1v) is 11.2. The average Bonchev–Trinajstić information content (AvgIpc) is 2.81. The van der Waals surface area contributed by atoms with Crippen molar-refractivity contribution in [3.05, 3.63) is 89.2 Å². The topological polar surface area (TPSA) is 146 Å². The van der Waals surface area contributed by atoms with Crippen LogP contribution in [0.25, 0.3) is 0 Å². The van der Waals surface area contributed by atoms with Crippen molar-refractivity contribution in [2.24, 2.45) is 0 Å². The van der Waals surface area contributed by atoms with Gasteiger partial charge in [-0.05, 0) is 47.5 Å². The van der Waals surface area contributed by atoms with E-state index in [4.69, 9.17) is 5.11 Å². The van der Waals surface area contributed by atoms with Gasteiger partial charge in [-0.1, -0.05) is 18.2 Å². The van der Waals surface area contributed by atoms with Crippen LogP contribution in [-0.2, 0) is 23.1 Å². The van der Waals surface area contributed by atoms with E-state index in [1.807, 2.05) is 0 Å². The molecular weight excluding hydrogens is 448 g/mol. The van der Waals surface area contributed by atoms with Crippen LogP contribution in [0.3, 0.4) is 0 Å². The Morgan fingerprint density at radius 1 is 1.03 bits per heavy atom. The first-order valence-electron chi connectivity index (χ1n) is 9.73. The molecular formula is C22H18N4O6S. The highest BCUT2D eigenvalue weighted by molar-refractivity contribution is 7.90. The van der Waals surface area contributed by atoms with Crippen LogP contribution in [-0.4, -0.2) is 40.7 Å². The van der Waals surface area contributed by atoms with Crippen molar-refractivity contribution in [2.75, 3.05) is 5.32 Å². The number of benzene rings is 2. The maximum absolute atomic E-state index is 13.2. The number of hydrogen-bond acceptors (Lipinski definition) is 6. The molecule has 0 spiro atoms. The number of urea groups is 1. The van der Waals surface area contributed by atoms with E-state index in [2.05, 4.69) is 15.6 Å². The highest BCUT2D eigenvalue weighted by atomic mass is 32.2. The second-order valence-electron chi connectivity index (χ2n) is 7.20. The summed E-state index contributed by atoms with van der Waals surface area (Å²) in [7, 11) is -4.26. The zero-order chi connectivity index (χ0) is 23.6. The molecule has 168 valence electrons. The summed E-state index contributed by atoms with van der Waals surface area (Å²) in [5, 5.41) is 14.2. The van der Waals surface area contributed by atoms with Gasteiger partial charge in [-0.2, -0.15) is 0 Å². The van der Waals surface area contributed by atoms with Crippen LogP contribution in [0.2, 0.25) is 0 Å². The van der Waals surface area contributed by atoms with Crippen molar-refractivity contribution in [3.8, 4) is 0 Å². The largest absolute Gasteiger partial charge is 0.478 e. The summed E-state index contributed by atoms with van der Waals surface area (Å²) in [4.78, 5) is 39.8. The van der Waals surface area contributed by atoms with Crippen LogP contribution in [0, 0.1) is 0 Å².